The Morgan fingerprint density at radius 3 is 1.18 bits per heavy atom. The highest BCUT2D eigenvalue weighted by Crippen LogP contribution is 2.34. The van der Waals surface area contributed by atoms with E-state index >= 15 is 0 Å². The fraction of sp³-hybridized carbons (Fsp3) is 0.608. The van der Waals surface area contributed by atoms with Crippen LogP contribution in [0.15, 0.2) is 48.5 Å². The Bertz CT molecular complexity index is 1840. The summed E-state index contributed by atoms with van der Waals surface area (Å²) in [6.07, 6.45) is 13.4. The zero-order valence-electron chi connectivity index (χ0n) is 42.8. The molecule has 0 aliphatic rings. The highest BCUT2D eigenvalue weighted by Gasteiger charge is 2.08. The van der Waals surface area contributed by atoms with Crippen LogP contribution in [-0.2, 0) is 36.7 Å². The number of carbonyl (C=O) groups excluding carboxylic acids is 5. The summed E-state index contributed by atoms with van der Waals surface area (Å²) >= 11 is 0. The zero-order valence-corrected chi connectivity index (χ0v) is 45.4. The summed E-state index contributed by atoms with van der Waals surface area (Å²) in [6.45, 7) is 35.7. The van der Waals surface area contributed by atoms with Crippen LogP contribution in [-0.4, -0.2) is 129 Å². The number of carbonyl (C=O) groups is 5. The Morgan fingerprint density at radius 2 is 0.831 bits per heavy atom. The molecule has 0 spiro atoms. The zero-order chi connectivity index (χ0) is 52.6. The van der Waals surface area contributed by atoms with Crippen LogP contribution in [0.4, 0.5) is 0 Å². The lowest BCUT2D eigenvalue weighted by atomic mass is 10.1. The number of benzene rings is 2. The van der Waals surface area contributed by atoms with Crippen LogP contribution in [0.1, 0.15) is 133 Å². The van der Waals surface area contributed by atoms with E-state index in [1.165, 1.54) is 6.92 Å². The summed E-state index contributed by atoms with van der Waals surface area (Å²) in [7, 11) is -2.60. The lowest BCUT2D eigenvalue weighted by Gasteiger charge is -2.11. The van der Waals surface area contributed by atoms with Crippen LogP contribution in [0, 0.1) is 26.6 Å². The first-order chi connectivity index (χ1) is 34.4. The lowest BCUT2D eigenvalue weighted by molar-refractivity contribution is -0.124. The SMILES string of the molecule is [C-]#[N+]CCOP(C)OCCCCCCNC(=O)CCC(C)=O.[C-]#[N+]CCOP(C)OCCCCCCNC(=O)c1ccc(C)cc1.[C-]#[N+]CCOP(C)OCCCCCCNC(=O)c1ccc(C=O)cc1. The molecule has 0 fully saturated rings. The first kappa shape index (κ1) is 66.7. The molecule has 0 radical (unpaired) electrons. The molecule has 2 aromatic rings. The average Bonchev–Trinajstić information content (AvgIpc) is 3.36. The molecule has 0 aromatic heterocycles. The van der Waals surface area contributed by atoms with Crippen LogP contribution >= 0.6 is 25.1 Å². The van der Waals surface area contributed by atoms with Gasteiger partial charge >= 0.3 is 0 Å². The van der Waals surface area contributed by atoms with E-state index in [4.69, 9.17) is 46.9 Å². The van der Waals surface area contributed by atoms with E-state index < -0.39 is 25.1 Å². The predicted octanol–water partition coefficient (Wildman–Crippen LogP) is 10.8. The molecule has 20 heteroatoms. The fourth-order valence-corrected chi connectivity index (χ4v) is 8.11. The van der Waals surface area contributed by atoms with Gasteiger partial charge in [-0.2, -0.15) is 0 Å². The molecule has 3 atom stereocenters. The van der Waals surface area contributed by atoms with Crippen molar-refractivity contribution in [3.63, 3.8) is 0 Å². The summed E-state index contributed by atoms with van der Waals surface area (Å²) in [6, 6.07) is 14.2. The normalized spacial score (nSPS) is 11.6. The monoisotopic (exact) mass is 1040 g/mol. The van der Waals surface area contributed by atoms with Gasteiger partial charge in [-0.15, -0.1) is 0 Å². The summed E-state index contributed by atoms with van der Waals surface area (Å²) in [5, 5.41) is 8.63. The Balaban J connectivity index is 0.00000104. The molecule has 394 valence electrons. The van der Waals surface area contributed by atoms with Gasteiger partial charge in [0.15, 0.2) is 25.1 Å². The quantitative estimate of drug-likeness (QED) is 0.0250. The number of nitrogens with one attached hydrogen (secondary N) is 3. The molecule has 3 amide bonds. The number of aryl methyl sites for hydroxylation is 1. The maximum Gasteiger partial charge on any atom is 0.251 e. The van der Waals surface area contributed by atoms with Gasteiger partial charge in [-0.1, -0.05) is 68.4 Å². The van der Waals surface area contributed by atoms with Crippen LogP contribution in [0.3, 0.4) is 0 Å². The molecule has 0 heterocycles. The number of ketones is 1. The number of hydrogen-bond donors (Lipinski definition) is 3. The molecule has 2 aromatic carbocycles. The van der Waals surface area contributed by atoms with Crippen molar-refractivity contribution in [3.05, 3.63) is 105 Å². The highest BCUT2D eigenvalue weighted by atomic mass is 31.2. The van der Waals surface area contributed by atoms with Gasteiger partial charge < -0.3 is 62.4 Å². The van der Waals surface area contributed by atoms with E-state index in [2.05, 4.69) is 30.5 Å². The topological polar surface area (TPSA) is 190 Å². The third-order valence-electron chi connectivity index (χ3n) is 9.68. The van der Waals surface area contributed by atoms with Crippen molar-refractivity contribution in [2.45, 2.75) is 104 Å². The molecule has 3 N–H and O–H groups in total. The number of unbranched alkanes of at least 4 members (excludes halogenated alkanes) is 9. The van der Waals surface area contributed by atoms with Gasteiger partial charge in [0.1, 0.15) is 31.9 Å². The van der Waals surface area contributed by atoms with Crippen LogP contribution < -0.4 is 16.0 Å². The Kier molecular flexibility index (Phi) is 45.1. The molecule has 3 unspecified atom stereocenters. The molecule has 71 heavy (non-hydrogen) atoms. The fourth-order valence-electron chi connectivity index (χ4n) is 5.71. The number of amides is 3. The van der Waals surface area contributed by atoms with Crippen LogP contribution in [0.25, 0.3) is 14.5 Å². The summed E-state index contributed by atoms with van der Waals surface area (Å²) in [5.41, 5.74) is 2.99. The number of aldehydes is 1. The smallest absolute Gasteiger partial charge is 0.251 e. The first-order valence-corrected chi connectivity index (χ1v) is 29.2. The number of nitrogens with zero attached hydrogens (tertiary/aromatic N) is 3. The number of hydrogen-bond acceptors (Lipinski definition) is 11. The third kappa shape index (κ3) is 43.1. The standard InChI is InChI=1S/C18H25N2O4P.C18H27N2O3P.C15H27N2O4P/c1-19-12-14-24-25(2)23-13-6-4-3-5-11-20-18(22)17-9-7-16(15-21)8-10-17;1-16-8-10-17(11-9-16)18(21)20-12-6-4-5-7-14-22-24(3)23-15-13-19-2;1-14(18)8-9-15(19)17-10-6-4-5-7-12-20-22(3)21-13-11-16-2/h7-10,15H,3-6,11-14H2,2H3,(H,20,22);8-11H,4-7,12-15H2,1,3H3,(H,20,21);4-13H2,1,3H3,(H,17,19). The van der Waals surface area contributed by atoms with E-state index in [1.807, 2.05) is 51.2 Å². The van der Waals surface area contributed by atoms with Crippen molar-refractivity contribution in [3.8, 4) is 0 Å². The van der Waals surface area contributed by atoms with Crippen LogP contribution in [0.5, 0.6) is 0 Å². The van der Waals surface area contributed by atoms with Gasteiger partial charge in [-0.3, -0.25) is 19.2 Å². The molecule has 0 saturated heterocycles. The lowest BCUT2D eigenvalue weighted by Crippen LogP contribution is -2.24. The maximum atomic E-state index is 11.9. The van der Waals surface area contributed by atoms with Gasteiger partial charge in [0, 0.05) is 69.2 Å². The minimum Gasteiger partial charge on any atom is -0.356 e. The second kappa shape index (κ2) is 48.0. The van der Waals surface area contributed by atoms with Crippen molar-refractivity contribution in [2.75, 3.05) is 98.9 Å². The number of Topliss-reactive ketones (excluding diaryl/α,β-unsaturated/α-hetero) is 1. The van der Waals surface area contributed by atoms with E-state index in [9.17, 15) is 24.0 Å². The molecule has 0 aliphatic heterocycles. The van der Waals surface area contributed by atoms with Crippen molar-refractivity contribution in [2.24, 2.45) is 0 Å². The van der Waals surface area contributed by atoms with Gasteiger partial charge in [-0.05, 0) is 76.6 Å². The number of rotatable bonds is 39. The summed E-state index contributed by atoms with van der Waals surface area (Å²) < 4.78 is 32.8. The van der Waals surface area contributed by atoms with E-state index in [1.54, 1.807) is 24.3 Å². The van der Waals surface area contributed by atoms with Gasteiger partial charge in [0.2, 0.25) is 25.5 Å². The average molecular weight is 1050 g/mol. The Labute approximate surface area is 428 Å². The Hall–Kier alpha value is -4.29. The molecule has 0 bridgehead atoms. The minimum absolute atomic E-state index is 0.00785. The molecule has 2 rings (SSSR count). The van der Waals surface area contributed by atoms with Crippen molar-refractivity contribution in [1.82, 2.24) is 16.0 Å². The van der Waals surface area contributed by atoms with Crippen molar-refractivity contribution in [1.29, 1.82) is 0 Å². The Morgan fingerprint density at radius 1 is 0.493 bits per heavy atom. The second-order valence-corrected chi connectivity index (χ2v) is 20.1. The molecular weight excluding hydrogens is 966 g/mol. The molecule has 0 aliphatic carbocycles. The second-order valence-electron chi connectivity index (χ2n) is 15.9. The minimum atomic E-state index is -0.880. The van der Waals surface area contributed by atoms with Gasteiger partial charge in [0.25, 0.3) is 11.8 Å². The van der Waals surface area contributed by atoms with Gasteiger partial charge in [-0.25, -0.2) is 19.7 Å². The largest absolute Gasteiger partial charge is 0.356 e. The highest BCUT2D eigenvalue weighted by molar-refractivity contribution is 7.46. The molecule has 0 saturated carbocycles. The third-order valence-corrected chi connectivity index (χ3v) is 13.0. The van der Waals surface area contributed by atoms with Crippen LogP contribution in [0.2, 0.25) is 0 Å². The first-order valence-electron chi connectivity index (χ1n) is 24.3. The van der Waals surface area contributed by atoms with E-state index in [0.29, 0.717) is 102 Å². The van der Waals surface area contributed by atoms with Crippen molar-refractivity contribution >= 4 is 54.9 Å². The van der Waals surface area contributed by atoms with Gasteiger partial charge in [0.05, 0.1) is 19.8 Å². The maximum absolute atomic E-state index is 11.9. The van der Waals surface area contributed by atoms with E-state index in [0.717, 1.165) is 88.9 Å². The predicted molar refractivity (Wildman–Crippen MR) is 285 cm³/mol. The molecular formula is C51H79N6O11P3. The molecule has 17 nitrogen and oxygen atoms in total. The van der Waals surface area contributed by atoms with Crippen molar-refractivity contribution < 1.29 is 51.1 Å². The summed E-state index contributed by atoms with van der Waals surface area (Å²) in [5.74, 6) is -0.128. The summed E-state index contributed by atoms with van der Waals surface area (Å²) in [4.78, 5) is 66.2. The van der Waals surface area contributed by atoms with E-state index in [-0.39, 0.29) is 29.9 Å².